The van der Waals surface area contributed by atoms with Gasteiger partial charge in [0.2, 0.25) is 0 Å². The molecule has 0 aliphatic carbocycles. The number of nitrogens with one attached hydrogen (secondary N) is 1. The Morgan fingerprint density at radius 1 is 1.04 bits per heavy atom. The third-order valence-corrected chi connectivity index (χ3v) is 5.90. The van der Waals surface area contributed by atoms with E-state index >= 15 is 0 Å². The summed E-state index contributed by atoms with van der Waals surface area (Å²) in [4.78, 5) is 5.22. The number of benzene rings is 1. The maximum atomic E-state index is 5.55. The zero-order chi connectivity index (χ0) is 15.5. The third-order valence-electron chi connectivity index (χ3n) is 5.90. The van der Waals surface area contributed by atoms with Crippen molar-refractivity contribution in [1.82, 2.24) is 15.1 Å². The molecule has 4 aliphatic heterocycles. The molecular formula is C19H29N3O. The number of hydrogen-bond acceptors (Lipinski definition) is 4. The summed E-state index contributed by atoms with van der Waals surface area (Å²) in [6.07, 6.45) is 2.76. The quantitative estimate of drug-likeness (QED) is 0.896. The minimum atomic E-state index is 0.468. The van der Waals surface area contributed by atoms with E-state index in [1.165, 1.54) is 38.0 Å². The smallest absolute Gasteiger partial charge is 0.0594 e. The minimum absolute atomic E-state index is 0.468. The summed E-state index contributed by atoms with van der Waals surface area (Å²) in [5.74, 6) is 0.890. The molecule has 2 atom stereocenters. The largest absolute Gasteiger partial charge is 0.379 e. The minimum Gasteiger partial charge on any atom is -0.379 e. The predicted molar refractivity (Wildman–Crippen MR) is 92.5 cm³/mol. The molecule has 1 aromatic rings. The number of hydrogen-bond donors (Lipinski definition) is 1. The maximum absolute atomic E-state index is 5.55. The first-order chi connectivity index (χ1) is 11.4. The van der Waals surface area contributed by atoms with Crippen molar-refractivity contribution in [3.8, 4) is 0 Å². The molecule has 4 fully saturated rings. The molecule has 1 aromatic carbocycles. The Morgan fingerprint density at radius 3 is 2.43 bits per heavy atom. The Kier molecular flexibility index (Phi) is 4.95. The number of piperidine rings is 3. The van der Waals surface area contributed by atoms with Gasteiger partial charge >= 0.3 is 0 Å². The van der Waals surface area contributed by atoms with E-state index in [1.54, 1.807) is 0 Å². The van der Waals surface area contributed by atoms with E-state index in [2.05, 4.69) is 45.4 Å². The fourth-order valence-electron chi connectivity index (χ4n) is 4.48. The zero-order valence-corrected chi connectivity index (χ0v) is 14.0. The van der Waals surface area contributed by atoms with Gasteiger partial charge in [0.15, 0.2) is 0 Å². The highest BCUT2D eigenvalue weighted by atomic mass is 16.5. The monoisotopic (exact) mass is 315 g/mol. The topological polar surface area (TPSA) is 27.7 Å². The normalized spacial score (nSPS) is 32.8. The number of nitrogens with zero attached hydrogens (tertiary/aromatic N) is 2. The van der Waals surface area contributed by atoms with Crippen LogP contribution in [-0.4, -0.2) is 68.3 Å². The molecule has 4 saturated heterocycles. The SMILES string of the molecule is c1ccc([C@@H](CN[C@H]2CN3CCC2CC3)N2CCOCC2)cc1. The highest BCUT2D eigenvalue weighted by Crippen LogP contribution is 2.28. The molecule has 0 saturated carbocycles. The second-order valence-electron chi connectivity index (χ2n) is 7.23. The van der Waals surface area contributed by atoms with Gasteiger partial charge in [-0.1, -0.05) is 30.3 Å². The van der Waals surface area contributed by atoms with Crippen LogP contribution in [0, 0.1) is 5.92 Å². The van der Waals surface area contributed by atoms with Crippen LogP contribution in [0.4, 0.5) is 0 Å². The van der Waals surface area contributed by atoms with E-state index in [4.69, 9.17) is 4.74 Å². The van der Waals surface area contributed by atoms with E-state index in [1.807, 2.05) is 0 Å². The lowest BCUT2D eigenvalue weighted by molar-refractivity contribution is 0.0119. The van der Waals surface area contributed by atoms with E-state index < -0.39 is 0 Å². The molecule has 5 rings (SSSR count). The van der Waals surface area contributed by atoms with Crippen molar-refractivity contribution in [3.63, 3.8) is 0 Å². The van der Waals surface area contributed by atoms with Crippen LogP contribution in [0.25, 0.3) is 0 Å². The van der Waals surface area contributed by atoms with Crippen molar-refractivity contribution < 1.29 is 4.74 Å². The Hall–Kier alpha value is -0.940. The van der Waals surface area contributed by atoms with Gasteiger partial charge < -0.3 is 15.0 Å². The summed E-state index contributed by atoms with van der Waals surface area (Å²) >= 11 is 0. The molecule has 1 N–H and O–H groups in total. The lowest BCUT2D eigenvalue weighted by Gasteiger charge is -2.46. The fraction of sp³-hybridized carbons (Fsp3) is 0.684. The molecular weight excluding hydrogens is 286 g/mol. The predicted octanol–water partition coefficient (Wildman–Crippen LogP) is 1.74. The molecule has 126 valence electrons. The van der Waals surface area contributed by atoms with Crippen LogP contribution in [0.5, 0.6) is 0 Å². The Balaban J connectivity index is 1.43. The highest BCUT2D eigenvalue weighted by Gasteiger charge is 2.34. The van der Waals surface area contributed by atoms with Crippen LogP contribution in [0.1, 0.15) is 24.4 Å². The summed E-state index contributed by atoms with van der Waals surface area (Å²) in [6.45, 7) is 8.74. The van der Waals surface area contributed by atoms with E-state index in [9.17, 15) is 0 Å². The Morgan fingerprint density at radius 2 is 1.78 bits per heavy atom. The molecule has 4 nitrogen and oxygen atoms in total. The molecule has 0 spiro atoms. The molecule has 4 aliphatic rings. The first-order valence-electron chi connectivity index (χ1n) is 9.22. The molecule has 4 heteroatoms. The van der Waals surface area contributed by atoms with E-state index in [-0.39, 0.29) is 0 Å². The first-order valence-corrected chi connectivity index (χ1v) is 9.22. The van der Waals surface area contributed by atoms with Crippen LogP contribution in [-0.2, 0) is 4.74 Å². The third kappa shape index (κ3) is 3.61. The van der Waals surface area contributed by atoms with Gasteiger partial charge in [-0.15, -0.1) is 0 Å². The van der Waals surface area contributed by atoms with Gasteiger partial charge in [0.25, 0.3) is 0 Å². The summed E-state index contributed by atoms with van der Waals surface area (Å²) in [5.41, 5.74) is 1.43. The maximum Gasteiger partial charge on any atom is 0.0594 e. The fourth-order valence-corrected chi connectivity index (χ4v) is 4.48. The first kappa shape index (κ1) is 15.6. The summed E-state index contributed by atoms with van der Waals surface area (Å²) < 4.78 is 5.55. The standard InChI is InChI=1S/C19H29N3O/c1-2-4-17(5-3-1)19(22-10-12-23-13-11-22)14-20-18-15-21-8-6-16(18)7-9-21/h1-5,16,18-20H,6-15H2/t18-,19+/m0/s1. The molecule has 0 aromatic heterocycles. The summed E-state index contributed by atoms with van der Waals surface area (Å²) in [6, 6.07) is 12.1. The molecule has 23 heavy (non-hydrogen) atoms. The van der Waals surface area contributed by atoms with Crippen molar-refractivity contribution in [2.24, 2.45) is 5.92 Å². The summed E-state index contributed by atoms with van der Waals surface area (Å²) in [7, 11) is 0. The second-order valence-corrected chi connectivity index (χ2v) is 7.23. The van der Waals surface area contributed by atoms with Crippen LogP contribution in [0.15, 0.2) is 30.3 Å². The highest BCUT2D eigenvalue weighted by molar-refractivity contribution is 5.19. The number of ether oxygens (including phenoxy) is 1. The van der Waals surface area contributed by atoms with Crippen LogP contribution >= 0.6 is 0 Å². The van der Waals surface area contributed by atoms with Gasteiger partial charge in [0.05, 0.1) is 13.2 Å². The number of morpholine rings is 1. The number of rotatable bonds is 5. The molecule has 4 heterocycles. The lowest BCUT2D eigenvalue weighted by atomic mass is 9.84. The van der Waals surface area contributed by atoms with Crippen molar-refractivity contribution >= 4 is 0 Å². The summed E-state index contributed by atoms with van der Waals surface area (Å²) in [5, 5.41) is 3.92. The van der Waals surface area contributed by atoms with E-state index in [0.29, 0.717) is 12.1 Å². The van der Waals surface area contributed by atoms with Gasteiger partial charge in [0, 0.05) is 38.3 Å². The Labute approximate surface area is 139 Å². The van der Waals surface area contributed by atoms with Crippen LogP contribution in [0.2, 0.25) is 0 Å². The Bertz CT molecular complexity index is 481. The number of fused-ring (bicyclic) bond motifs is 3. The van der Waals surface area contributed by atoms with Gasteiger partial charge in [-0.3, -0.25) is 4.90 Å². The van der Waals surface area contributed by atoms with Crippen molar-refractivity contribution in [2.75, 3.05) is 52.5 Å². The average Bonchev–Trinajstić information content (AvgIpc) is 2.65. The lowest BCUT2D eigenvalue weighted by Crippen LogP contribution is -2.57. The van der Waals surface area contributed by atoms with Crippen molar-refractivity contribution in [2.45, 2.75) is 24.9 Å². The van der Waals surface area contributed by atoms with Crippen LogP contribution < -0.4 is 5.32 Å². The van der Waals surface area contributed by atoms with Gasteiger partial charge in [0.1, 0.15) is 0 Å². The molecule has 0 amide bonds. The molecule has 0 unspecified atom stereocenters. The molecule has 0 radical (unpaired) electrons. The van der Waals surface area contributed by atoms with Gasteiger partial charge in [-0.05, 0) is 37.4 Å². The van der Waals surface area contributed by atoms with Crippen LogP contribution in [0.3, 0.4) is 0 Å². The molecule has 2 bridgehead atoms. The average molecular weight is 315 g/mol. The van der Waals surface area contributed by atoms with Gasteiger partial charge in [-0.25, -0.2) is 0 Å². The van der Waals surface area contributed by atoms with Crippen molar-refractivity contribution in [3.05, 3.63) is 35.9 Å². The zero-order valence-electron chi connectivity index (χ0n) is 14.0. The van der Waals surface area contributed by atoms with Crippen molar-refractivity contribution in [1.29, 1.82) is 0 Å². The second kappa shape index (κ2) is 7.31. The van der Waals surface area contributed by atoms with E-state index in [0.717, 1.165) is 38.8 Å². The van der Waals surface area contributed by atoms with Gasteiger partial charge in [-0.2, -0.15) is 0 Å².